The molecule has 3 rings (SSSR count). The van der Waals surface area contributed by atoms with Gasteiger partial charge in [-0.25, -0.2) is 18.1 Å². The van der Waals surface area contributed by atoms with Gasteiger partial charge in [0.15, 0.2) is 5.75 Å². The van der Waals surface area contributed by atoms with Crippen LogP contribution in [0.25, 0.3) is 11.1 Å². The molecule has 0 aliphatic rings. The van der Waals surface area contributed by atoms with Crippen LogP contribution in [0.4, 0.5) is 0 Å². The lowest BCUT2D eigenvalue weighted by molar-refractivity contribution is 0.0981. The number of nitrogens with zero attached hydrogens (tertiary/aromatic N) is 1. The minimum Gasteiger partial charge on any atom is -0.436 e. The van der Waals surface area contributed by atoms with Gasteiger partial charge in [0, 0.05) is 22.3 Å². The number of carbonyl (C=O) groups excluding carboxylic acids is 1. The highest BCUT2D eigenvalue weighted by Crippen LogP contribution is 2.38. The second kappa shape index (κ2) is 9.04. The zero-order valence-electron chi connectivity index (χ0n) is 16.7. The summed E-state index contributed by atoms with van der Waals surface area (Å²) in [6.45, 7) is 3.60. The minimum absolute atomic E-state index is 0.180. The van der Waals surface area contributed by atoms with Crippen LogP contribution in [0.2, 0.25) is 15.1 Å². The summed E-state index contributed by atoms with van der Waals surface area (Å²) >= 11 is 18.6. The Hall–Kier alpha value is -2.32. The van der Waals surface area contributed by atoms with Crippen LogP contribution in [-0.4, -0.2) is 25.6 Å². The highest BCUT2D eigenvalue weighted by atomic mass is 35.5. The summed E-state index contributed by atoms with van der Waals surface area (Å²) in [5, 5.41) is 1.10. The number of aryl methyl sites for hydroxylation is 2. The Kier molecular flexibility index (Phi) is 6.81. The van der Waals surface area contributed by atoms with Crippen molar-refractivity contribution in [3.63, 3.8) is 0 Å². The van der Waals surface area contributed by atoms with Crippen LogP contribution in [-0.2, 0) is 10.0 Å². The van der Waals surface area contributed by atoms with Crippen molar-refractivity contribution in [2.75, 3.05) is 6.26 Å². The molecule has 0 aliphatic carbocycles. The number of pyridine rings is 1. The van der Waals surface area contributed by atoms with E-state index in [1.165, 1.54) is 6.07 Å². The average Bonchev–Trinajstić information content (AvgIpc) is 2.64. The molecule has 1 N–H and O–H groups in total. The number of sulfonamides is 1. The van der Waals surface area contributed by atoms with Crippen LogP contribution in [0.15, 0.2) is 42.6 Å². The molecule has 0 unspecified atom stereocenters. The van der Waals surface area contributed by atoms with Gasteiger partial charge in [0.1, 0.15) is 5.02 Å². The van der Waals surface area contributed by atoms with Crippen LogP contribution in [0.5, 0.6) is 11.6 Å². The first-order valence-electron chi connectivity index (χ1n) is 8.87. The van der Waals surface area contributed by atoms with Crippen molar-refractivity contribution < 1.29 is 17.9 Å². The highest BCUT2D eigenvalue weighted by molar-refractivity contribution is 7.89. The quantitative estimate of drug-likeness (QED) is 0.479. The lowest BCUT2D eigenvalue weighted by atomic mass is 9.99. The number of ether oxygens (including phenoxy) is 1. The van der Waals surface area contributed by atoms with Crippen LogP contribution in [0, 0.1) is 13.8 Å². The number of nitrogens with one attached hydrogen (secondary N) is 1. The Balaban J connectivity index is 1.89. The molecule has 2 aromatic carbocycles. The third-order valence-electron chi connectivity index (χ3n) is 4.28. The number of hydrogen-bond donors (Lipinski definition) is 1. The maximum Gasteiger partial charge on any atom is 0.264 e. The summed E-state index contributed by atoms with van der Waals surface area (Å²) in [6, 6.07) is 9.78. The largest absolute Gasteiger partial charge is 0.436 e. The van der Waals surface area contributed by atoms with Gasteiger partial charge in [-0.2, -0.15) is 0 Å². The van der Waals surface area contributed by atoms with Gasteiger partial charge >= 0.3 is 0 Å². The molecule has 162 valence electrons. The summed E-state index contributed by atoms with van der Waals surface area (Å²) in [7, 11) is -3.65. The van der Waals surface area contributed by atoms with Gasteiger partial charge in [-0.15, -0.1) is 0 Å². The number of amides is 1. The Morgan fingerprint density at radius 2 is 1.71 bits per heavy atom. The smallest absolute Gasteiger partial charge is 0.264 e. The summed E-state index contributed by atoms with van der Waals surface area (Å²) in [6.07, 6.45) is 2.50. The van der Waals surface area contributed by atoms with Crippen LogP contribution >= 0.6 is 34.8 Å². The summed E-state index contributed by atoms with van der Waals surface area (Å²) in [4.78, 5) is 16.3. The van der Waals surface area contributed by atoms with Gasteiger partial charge in [-0.05, 0) is 60.9 Å². The van der Waals surface area contributed by atoms with Crippen molar-refractivity contribution in [1.82, 2.24) is 9.71 Å². The van der Waals surface area contributed by atoms with Crippen molar-refractivity contribution in [2.45, 2.75) is 13.8 Å². The molecular weight excluding hydrogens is 483 g/mol. The van der Waals surface area contributed by atoms with E-state index < -0.39 is 15.9 Å². The normalized spacial score (nSPS) is 11.3. The molecule has 0 fully saturated rings. The van der Waals surface area contributed by atoms with E-state index in [4.69, 9.17) is 39.5 Å². The Labute approximate surface area is 195 Å². The van der Waals surface area contributed by atoms with Gasteiger partial charge in [-0.3, -0.25) is 4.79 Å². The van der Waals surface area contributed by atoms with E-state index in [0.717, 1.165) is 22.9 Å². The predicted molar refractivity (Wildman–Crippen MR) is 123 cm³/mol. The van der Waals surface area contributed by atoms with Crippen LogP contribution in [0.3, 0.4) is 0 Å². The van der Waals surface area contributed by atoms with Gasteiger partial charge < -0.3 is 4.74 Å². The maximum atomic E-state index is 12.0. The van der Waals surface area contributed by atoms with Gasteiger partial charge in [0.05, 0.1) is 11.3 Å². The fourth-order valence-corrected chi connectivity index (χ4v) is 4.21. The fourth-order valence-electron chi connectivity index (χ4n) is 2.92. The number of carbonyl (C=O) groups is 1. The first kappa shape index (κ1) is 23.3. The zero-order valence-corrected chi connectivity index (χ0v) is 19.7. The second-order valence-electron chi connectivity index (χ2n) is 6.88. The van der Waals surface area contributed by atoms with Crippen molar-refractivity contribution in [1.29, 1.82) is 0 Å². The molecule has 10 heteroatoms. The van der Waals surface area contributed by atoms with Crippen LogP contribution in [0.1, 0.15) is 21.5 Å². The topological polar surface area (TPSA) is 85.4 Å². The third-order valence-corrected chi connectivity index (χ3v) is 5.60. The van der Waals surface area contributed by atoms with Crippen molar-refractivity contribution in [2.24, 2.45) is 0 Å². The Morgan fingerprint density at radius 3 is 2.29 bits per heavy atom. The van der Waals surface area contributed by atoms with Crippen LogP contribution < -0.4 is 9.46 Å². The summed E-state index contributed by atoms with van der Waals surface area (Å²) in [5.74, 6) is -0.113. The first-order valence-corrected chi connectivity index (χ1v) is 11.9. The summed E-state index contributed by atoms with van der Waals surface area (Å²) < 4.78 is 30.3. The molecule has 0 bridgehead atoms. The first-order chi connectivity index (χ1) is 14.4. The van der Waals surface area contributed by atoms with E-state index in [-0.39, 0.29) is 16.5 Å². The number of benzene rings is 2. The molecule has 0 atom stereocenters. The fraction of sp³-hybridized carbons (Fsp3) is 0.143. The summed E-state index contributed by atoms with van der Waals surface area (Å²) in [5.41, 5.74) is 3.17. The number of rotatable bonds is 5. The second-order valence-corrected chi connectivity index (χ2v) is 9.88. The lowest BCUT2D eigenvalue weighted by Gasteiger charge is -2.13. The molecular formula is C21H17Cl3N2O4S. The van der Waals surface area contributed by atoms with E-state index in [1.54, 1.807) is 50.4 Å². The van der Waals surface area contributed by atoms with Gasteiger partial charge in [0.25, 0.3) is 5.91 Å². The van der Waals surface area contributed by atoms with E-state index >= 15 is 0 Å². The lowest BCUT2D eigenvalue weighted by Crippen LogP contribution is -2.29. The molecule has 6 nitrogen and oxygen atoms in total. The zero-order chi connectivity index (χ0) is 22.9. The van der Waals surface area contributed by atoms with E-state index in [0.29, 0.717) is 21.4 Å². The van der Waals surface area contributed by atoms with Gasteiger partial charge in [-0.1, -0.05) is 40.9 Å². The number of hydrogen-bond acceptors (Lipinski definition) is 5. The third kappa shape index (κ3) is 5.68. The molecule has 0 radical (unpaired) electrons. The molecule has 0 saturated carbocycles. The Morgan fingerprint density at radius 1 is 1.00 bits per heavy atom. The monoisotopic (exact) mass is 498 g/mol. The van der Waals surface area contributed by atoms with Crippen molar-refractivity contribution in [3.05, 3.63) is 74.4 Å². The number of aromatic nitrogens is 1. The molecule has 1 amide bonds. The molecule has 0 spiro atoms. The van der Waals surface area contributed by atoms with E-state index in [2.05, 4.69) is 4.98 Å². The van der Waals surface area contributed by atoms with E-state index in [9.17, 15) is 13.2 Å². The Bertz CT molecular complexity index is 1270. The predicted octanol–water partition coefficient (Wildman–Crippen LogP) is 5.81. The molecule has 31 heavy (non-hydrogen) atoms. The molecule has 1 heterocycles. The average molecular weight is 500 g/mol. The molecule has 1 aromatic heterocycles. The van der Waals surface area contributed by atoms with Crippen molar-refractivity contribution in [3.8, 4) is 22.8 Å². The van der Waals surface area contributed by atoms with Crippen molar-refractivity contribution >= 4 is 50.7 Å². The number of halogens is 3. The molecule has 0 saturated heterocycles. The molecule has 3 aromatic rings. The van der Waals surface area contributed by atoms with E-state index in [1.807, 2.05) is 4.72 Å². The highest BCUT2D eigenvalue weighted by Gasteiger charge is 2.16. The van der Waals surface area contributed by atoms with Gasteiger partial charge in [0.2, 0.25) is 15.9 Å². The molecule has 0 aliphatic heterocycles. The standard InChI is InChI=1S/C21H17Cl3N2O4S/c1-11-6-13(20(27)26-31(3,28)29)4-5-16(11)14-8-18(24)21(25-10-14)30-19-12(2)7-15(22)9-17(19)23/h4-10H,1-3H3,(H,26,27). The maximum absolute atomic E-state index is 12.0. The minimum atomic E-state index is -3.65. The SMILES string of the molecule is Cc1cc(C(=O)NS(C)(=O)=O)ccc1-c1cnc(Oc2c(C)cc(Cl)cc2Cl)c(Cl)c1.